The number of aromatic nitrogens is 4. The normalized spacial score (nSPS) is 16.3. The molecular weight excluding hydrogens is 457 g/mol. The number of carbonyl (C=O) groups is 1. The summed E-state index contributed by atoms with van der Waals surface area (Å²) >= 11 is 0. The molecule has 2 N–H and O–H groups in total. The van der Waals surface area contributed by atoms with Gasteiger partial charge in [0.25, 0.3) is 5.91 Å². The lowest BCUT2D eigenvalue weighted by molar-refractivity contribution is 0.102. The van der Waals surface area contributed by atoms with Gasteiger partial charge in [-0.1, -0.05) is 13.8 Å². The SMILES string of the molecule is CC.Cc1cn2cc(NC(=O)c3ccc(N4CCC(NC5CC5)CC4)c4cc(C)nn34)cc(F)c2n1. The highest BCUT2D eigenvalue weighted by Crippen LogP contribution is 2.29. The van der Waals surface area contributed by atoms with Crippen molar-refractivity contribution in [1.29, 1.82) is 0 Å². The van der Waals surface area contributed by atoms with Gasteiger partial charge in [0.2, 0.25) is 0 Å². The van der Waals surface area contributed by atoms with Crippen LogP contribution in [0.1, 0.15) is 61.4 Å². The molecule has 1 aliphatic heterocycles. The molecule has 5 heterocycles. The van der Waals surface area contributed by atoms with E-state index in [1.807, 2.05) is 32.9 Å². The molecule has 0 unspecified atom stereocenters. The molecule has 4 aromatic rings. The quantitative estimate of drug-likeness (QED) is 0.422. The van der Waals surface area contributed by atoms with Crippen LogP contribution in [-0.2, 0) is 0 Å². The average Bonchev–Trinajstić information content (AvgIpc) is 3.46. The Balaban J connectivity index is 0.00000130. The Morgan fingerprint density at radius 3 is 2.44 bits per heavy atom. The van der Waals surface area contributed by atoms with Gasteiger partial charge < -0.3 is 19.9 Å². The minimum Gasteiger partial charge on any atom is -0.370 e. The summed E-state index contributed by atoms with van der Waals surface area (Å²) in [5, 5.41) is 11.2. The topological polar surface area (TPSA) is 79.0 Å². The van der Waals surface area contributed by atoms with Gasteiger partial charge in [-0.05, 0) is 57.7 Å². The van der Waals surface area contributed by atoms with E-state index in [-0.39, 0.29) is 11.6 Å². The third-order valence-electron chi connectivity index (χ3n) is 6.72. The van der Waals surface area contributed by atoms with E-state index in [1.54, 1.807) is 34.3 Å². The first-order valence-electron chi connectivity index (χ1n) is 12.9. The van der Waals surface area contributed by atoms with E-state index in [9.17, 15) is 9.18 Å². The van der Waals surface area contributed by atoms with Gasteiger partial charge in [0.05, 0.1) is 28.3 Å². The summed E-state index contributed by atoms with van der Waals surface area (Å²) in [6.45, 7) is 9.67. The monoisotopic (exact) mass is 491 g/mol. The molecule has 0 bridgehead atoms. The lowest BCUT2D eigenvalue weighted by Crippen LogP contribution is -2.43. The second kappa shape index (κ2) is 9.89. The number of nitrogens with zero attached hydrogens (tertiary/aromatic N) is 5. The number of aryl methyl sites for hydroxylation is 2. The Morgan fingerprint density at radius 2 is 1.72 bits per heavy atom. The fourth-order valence-corrected chi connectivity index (χ4v) is 4.93. The van der Waals surface area contributed by atoms with Crippen LogP contribution in [0.3, 0.4) is 0 Å². The van der Waals surface area contributed by atoms with Gasteiger partial charge in [-0.15, -0.1) is 0 Å². The predicted molar refractivity (Wildman–Crippen MR) is 141 cm³/mol. The average molecular weight is 492 g/mol. The molecule has 0 aromatic carbocycles. The van der Waals surface area contributed by atoms with Crippen LogP contribution in [-0.4, -0.2) is 50.1 Å². The highest BCUT2D eigenvalue weighted by Gasteiger charge is 2.28. The van der Waals surface area contributed by atoms with Crippen molar-refractivity contribution in [2.75, 3.05) is 23.3 Å². The molecule has 1 amide bonds. The maximum absolute atomic E-state index is 14.5. The molecule has 4 aromatic heterocycles. The number of imidazole rings is 1. The zero-order valence-corrected chi connectivity index (χ0v) is 21.4. The first-order valence-corrected chi connectivity index (χ1v) is 12.9. The molecule has 0 atom stereocenters. The Kier molecular flexibility index (Phi) is 6.66. The van der Waals surface area contributed by atoms with Crippen LogP contribution >= 0.6 is 0 Å². The number of hydrogen-bond donors (Lipinski definition) is 2. The van der Waals surface area contributed by atoms with E-state index < -0.39 is 5.82 Å². The van der Waals surface area contributed by atoms with Crippen molar-refractivity contribution < 1.29 is 9.18 Å². The fourth-order valence-electron chi connectivity index (χ4n) is 4.93. The Hall–Kier alpha value is -3.46. The van der Waals surface area contributed by atoms with Crippen LogP contribution in [0.5, 0.6) is 0 Å². The molecule has 8 nitrogen and oxygen atoms in total. The second-order valence-corrected chi connectivity index (χ2v) is 9.53. The summed E-state index contributed by atoms with van der Waals surface area (Å²) in [5.74, 6) is -0.830. The van der Waals surface area contributed by atoms with Crippen molar-refractivity contribution in [2.45, 2.75) is 65.5 Å². The standard InChI is InChI=1S/C25H28FN7O.C2H6/c1-15-11-23-21(31-9-7-18(8-10-31)28-17-3-4-17)5-6-22(33(23)30-15)25(34)29-19-12-20(26)24-27-16(2)13-32(24)14-19;1-2/h5-6,11-14,17-18,28H,3-4,7-10H2,1-2H3,(H,29,34);1-2H3. The summed E-state index contributed by atoms with van der Waals surface area (Å²) in [6, 6.07) is 8.43. The number of halogens is 1. The number of hydrogen-bond acceptors (Lipinski definition) is 5. The molecule has 0 spiro atoms. The van der Waals surface area contributed by atoms with Crippen LogP contribution in [0.15, 0.2) is 36.7 Å². The van der Waals surface area contributed by atoms with Crippen LogP contribution < -0.4 is 15.5 Å². The Morgan fingerprint density at radius 1 is 1.00 bits per heavy atom. The van der Waals surface area contributed by atoms with Gasteiger partial charge in [0.1, 0.15) is 5.69 Å². The van der Waals surface area contributed by atoms with Crippen molar-refractivity contribution in [3.63, 3.8) is 0 Å². The van der Waals surface area contributed by atoms with E-state index in [2.05, 4.69) is 25.6 Å². The minimum absolute atomic E-state index is 0.237. The van der Waals surface area contributed by atoms with Crippen molar-refractivity contribution >= 4 is 28.4 Å². The number of rotatable bonds is 5. The van der Waals surface area contributed by atoms with Crippen LogP contribution in [0.25, 0.3) is 11.2 Å². The minimum atomic E-state index is -0.485. The van der Waals surface area contributed by atoms with Gasteiger partial charge in [0, 0.05) is 43.6 Å². The van der Waals surface area contributed by atoms with E-state index in [1.165, 1.54) is 18.9 Å². The molecule has 2 aliphatic rings. The number of piperidine rings is 1. The molecule has 36 heavy (non-hydrogen) atoms. The van der Waals surface area contributed by atoms with E-state index in [0.29, 0.717) is 23.1 Å². The van der Waals surface area contributed by atoms with Crippen molar-refractivity contribution in [3.05, 3.63) is 59.6 Å². The summed E-state index contributed by atoms with van der Waals surface area (Å²) < 4.78 is 17.7. The first kappa shape index (κ1) is 24.2. The lowest BCUT2D eigenvalue weighted by Gasteiger charge is -2.34. The van der Waals surface area contributed by atoms with E-state index in [0.717, 1.165) is 48.9 Å². The zero-order chi connectivity index (χ0) is 25.4. The maximum Gasteiger partial charge on any atom is 0.274 e. The molecule has 6 rings (SSSR count). The Labute approximate surface area is 210 Å². The molecule has 9 heteroatoms. The summed E-state index contributed by atoms with van der Waals surface area (Å²) in [6.07, 6.45) is 8.22. The smallest absolute Gasteiger partial charge is 0.274 e. The van der Waals surface area contributed by atoms with Gasteiger partial charge >= 0.3 is 0 Å². The van der Waals surface area contributed by atoms with E-state index in [4.69, 9.17) is 0 Å². The van der Waals surface area contributed by atoms with Crippen LogP contribution in [0, 0.1) is 19.7 Å². The fraction of sp³-hybridized carbons (Fsp3) is 0.444. The second-order valence-electron chi connectivity index (χ2n) is 9.53. The largest absolute Gasteiger partial charge is 0.370 e. The number of pyridine rings is 2. The summed E-state index contributed by atoms with van der Waals surface area (Å²) in [7, 11) is 0. The first-order chi connectivity index (χ1) is 17.4. The number of carbonyl (C=O) groups excluding carboxylic acids is 1. The van der Waals surface area contributed by atoms with E-state index >= 15 is 0 Å². The van der Waals surface area contributed by atoms with Crippen LogP contribution in [0.4, 0.5) is 15.8 Å². The molecule has 1 saturated carbocycles. The highest BCUT2D eigenvalue weighted by atomic mass is 19.1. The predicted octanol–water partition coefficient (Wildman–Crippen LogP) is 4.74. The number of nitrogens with one attached hydrogen (secondary N) is 2. The molecule has 1 aliphatic carbocycles. The third-order valence-corrected chi connectivity index (χ3v) is 6.72. The van der Waals surface area contributed by atoms with Gasteiger partial charge in [0.15, 0.2) is 11.5 Å². The van der Waals surface area contributed by atoms with Crippen LogP contribution in [0.2, 0.25) is 0 Å². The van der Waals surface area contributed by atoms with Gasteiger partial charge in [-0.25, -0.2) is 13.9 Å². The van der Waals surface area contributed by atoms with Gasteiger partial charge in [-0.3, -0.25) is 4.79 Å². The number of amides is 1. The maximum atomic E-state index is 14.5. The van der Waals surface area contributed by atoms with Crippen molar-refractivity contribution in [1.82, 2.24) is 24.3 Å². The molecule has 190 valence electrons. The lowest BCUT2D eigenvalue weighted by atomic mass is 10.0. The number of fused-ring (bicyclic) bond motifs is 2. The van der Waals surface area contributed by atoms with Crippen molar-refractivity contribution in [2.24, 2.45) is 0 Å². The summed E-state index contributed by atoms with van der Waals surface area (Å²) in [4.78, 5) is 19.7. The molecule has 2 fully saturated rings. The molecule has 1 saturated heterocycles. The highest BCUT2D eigenvalue weighted by molar-refractivity contribution is 6.04. The van der Waals surface area contributed by atoms with Gasteiger partial charge in [-0.2, -0.15) is 5.10 Å². The summed E-state index contributed by atoms with van der Waals surface area (Å²) in [5.41, 5.74) is 4.54. The molecule has 0 radical (unpaired) electrons. The molecular formula is C27H34FN7O. The third kappa shape index (κ3) is 4.80. The Bertz CT molecular complexity index is 1400. The zero-order valence-electron chi connectivity index (χ0n) is 21.4. The number of anilines is 2. The van der Waals surface area contributed by atoms with Crippen molar-refractivity contribution in [3.8, 4) is 0 Å².